The minimum absolute atomic E-state index is 0.166. The molecule has 4 aromatic rings. The molecule has 0 aliphatic carbocycles. The fourth-order valence-corrected chi connectivity index (χ4v) is 3.25. The summed E-state index contributed by atoms with van der Waals surface area (Å²) in [7, 11) is 1.59. The maximum absolute atomic E-state index is 12.4. The lowest BCUT2D eigenvalue weighted by Crippen LogP contribution is -2.19. The Labute approximate surface area is 168 Å². The molecule has 3 N–H and O–H groups in total. The van der Waals surface area contributed by atoms with Crippen molar-refractivity contribution in [1.82, 2.24) is 15.3 Å². The van der Waals surface area contributed by atoms with Crippen molar-refractivity contribution in [3.63, 3.8) is 0 Å². The van der Waals surface area contributed by atoms with Crippen LogP contribution in [0.4, 0.5) is 5.69 Å². The van der Waals surface area contributed by atoms with Crippen molar-refractivity contribution < 1.29 is 9.59 Å². The minimum atomic E-state index is -0.202. The molecule has 0 bridgehead atoms. The van der Waals surface area contributed by atoms with Crippen LogP contribution in [0.25, 0.3) is 22.2 Å². The van der Waals surface area contributed by atoms with Gasteiger partial charge >= 0.3 is 0 Å². The van der Waals surface area contributed by atoms with Gasteiger partial charge in [-0.15, -0.1) is 0 Å². The molecule has 29 heavy (non-hydrogen) atoms. The average molecular weight is 384 g/mol. The number of fused-ring (bicyclic) bond motifs is 1. The lowest BCUT2D eigenvalue weighted by atomic mass is 9.97. The number of aromatic nitrogens is 2. The second-order valence-corrected chi connectivity index (χ2v) is 6.76. The maximum Gasteiger partial charge on any atom is 0.255 e. The molecule has 0 saturated heterocycles. The minimum Gasteiger partial charge on any atom is -0.355 e. The van der Waals surface area contributed by atoms with E-state index in [0.29, 0.717) is 22.5 Å². The van der Waals surface area contributed by atoms with Crippen molar-refractivity contribution in [1.29, 1.82) is 0 Å². The number of amides is 2. The molecule has 0 atom stereocenters. The number of aryl methyl sites for hydroxylation is 1. The maximum atomic E-state index is 12.4. The van der Waals surface area contributed by atoms with E-state index >= 15 is 0 Å². The molecule has 0 aliphatic rings. The van der Waals surface area contributed by atoms with Gasteiger partial charge in [0.2, 0.25) is 0 Å². The van der Waals surface area contributed by atoms with E-state index in [-0.39, 0.29) is 11.8 Å². The molecule has 0 radical (unpaired) electrons. The van der Waals surface area contributed by atoms with Crippen LogP contribution in [0.2, 0.25) is 0 Å². The number of carbonyl (C=O) groups is 2. The van der Waals surface area contributed by atoms with Gasteiger partial charge in [0.15, 0.2) is 0 Å². The Morgan fingerprint density at radius 2 is 1.66 bits per heavy atom. The Bertz CT molecular complexity index is 1190. The first-order valence-corrected chi connectivity index (χ1v) is 9.23. The standard InChI is InChI=1S/C23H20N4O2/c1-14-3-5-16(6-4-14)22(28)27-17-9-7-15(8-10-17)20-18-11-12-25-21(18)26-13-19(20)23(29)24-2/h3-13H,1-2H3,(H,24,29)(H,25,26)(H,27,28). The summed E-state index contributed by atoms with van der Waals surface area (Å²) in [6.45, 7) is 1.98. The molecule has 6 nitrogen and oxygen atoms in total. The number of nitrogens with one attached hydrogen (secondary N) is 3. The van der Waals surface area contributed by atoms with Gasteiger partial charge in [0.05, 0.1) is 5.56 Å². The van der Waals surface area contributed by atoms with Crippen LogP contribution < -0.4 is 10.6 Å². The number of benzene rings is 2. The zero-order valence-corrected chi connectivity index (χ0v) is 16.1. The fraction of sp³-hybridized carbons (Fsp3) is 0.0870. The quantitative estimate of drug-likeness (QED) is 0.494. The summed E-state index contributed by atoms with van der Waals surface area (Å²) in [5, 5.41) is 6.43. The molecule has 2 aromatic heterocycles. The summed E-state index contributed by atoms with van der Waals surface area (Å²) < 4.78 is 0. The topological polar surface area (TPSA) is 86.9 Å². The van der Waals surface area contributed by atoms with Gasteiger partial charge in [0.1, 0.15) is 5.65 Å². The largest absolute Gasteiger partial charge is 0.355 e. The second kappa shape index (κ2) is 7.59. The number of pyridine rings is 1. The van der Waals surface area contributed by atoms with E-state index in [1.165, 1.54) is 0 Å². The monoisotopic (exact) mass is 384 g/mol. The molecular weight excluding hydrogens is 364 g/mol. The van der Waals surface area contributed by atoms with Gasteiger partial charge in [-0.3, -0.25) is 9.59 Å². The van der Waals surface area contributed by atoms with Crippen LogP contribution in [-0.4, -0.2) is 28.8 Å². The van der Waals surface area contributed by atoms with Crippen molar-refractivity contribution in [2.75, 3.05) is 12.4 Å². The third kappa shape index (κ3) is 3.60. The van der Waals surface area contributed by atoms with Crippen molar-refractivity contribution in [2.24, 2.45) is 0 Å². The first-order chi connectivity index (χ1) is 14.1. The van der Waals surface area contributed by atoms with Crippen LogP contribution in [0.5, 0.6) is 0 Å². The molecule has 0 aliphatic heterocycles. The van der Waals surface area contributed by atoms with E-state index in [4.69, 9.17) is 0 Å². The molecule has 144 valence electrons. The Morgan fingerprint density at radius 1 is 0.931 bits per heavy atom. The lowest BCUT2D eigenvalue weighted by Gasteiger charge is -2.11. The number of rotatable bonds is 4. The molecule has 2 aromatic carbocycles. The van der Waals surface area contributed by atoms with Crippen molar-refractivity contribution >= 4 is 28.5 Å². The van der Waals surface area contributed by atoms with Crippen molar-refractivity contribution in [3.8, 4) is 11.1 Å². The van der Waals surface area contributed by atoms with Gasteiger partial charge < -0.3 is 15.6 Å². The highest BCUT2D eigenvalue weighted by atomic mass is 16.2. The predicted molar refractivity (Wildman–Crippen MR) is 114 cm³/mol. The van der Waals surface area contributed by atoms with E-state index in [1.54, 1.807) is 31.6 Å². The molecule has 2 amide bonds. The zero-order valence-electron chi connectivity index (χ0n) is 16.1. The van der Waals surface area contributed by atoms with Gasteiger partial charge in [0.25, 0.3) is 11.8 Å². The van der Waals surface area contributed by atoms with Gasteiger partial charge in [-0.05, 0) is 42.8 Å². The van der Waals surface area contributed by atoms with Crippen LogP contribution in [0, 0.1) is 6.92 Å². The Hall–Kier alpha value is -3.93. The first kappa shape index (κ1) is 18.4. The van der Waals surface area contributed by atoms with E-state index in [9.17, 15) is 9.59 Å². The third-order valence-corrected chi connectivity index (χ3v) is 4.80. The van der Waals surface area contributed by atoms with Crippen LogP contribution in [-0.2, 0) is 0 Å². The molecule has 0 spiro atoms. The Balaban J connectivity index is 1.66. The molecule has 0 fully saturated rings. The molecule has 6 heteroatoms. The summed E-state index contributed by atoms with van der Waals surface area (Å²) in [6.07, 6.45) is 3.37. The van der Waals surface area contributed by atoms with Gasteiger partial charge in [-0.1, -0.05) is 29.8 Å². The summed E-state index contributed by atoms with van der Waals surface area (Å²) >= 11 is 0. The van der Waals surface area contributed by atoms with E-state index in [0.717, 1.165) is 22.1 Å². The van der Waals surface area contributed by atoms with Crippen LogP contribution in [0.3, 0.4) is 0 Å². The van der Waals surface area contributed by atoms with Crippen LogP contribution in [0.1, 0.15) is 26.3 Å². The third-order valence-electron chi connectivity index (χ3n) is 4.80. The molecule has 0 saturated carbocycles. The summed E-state index contributed by atoms with van der Waals surface area (Å²) in [4.78, 5) is 32.2. The summed E-state index contributed by atoms with van der Waals surface area (Å²) in [5.74, 6) is -0.368. The number of aromatic amines is 1. The number of anilines is 1. The van der Waals surface area contributed by atoms with E-state index in [2.05, 4.69) is 20.6 Å². The highest BCUT2D eigenvalue weighted by Crippen LogP contribution is 2.31. The van der Waals surface area contributed by atoms with E-state index < -0.39 is 0 Å². The number of carbonyl (C=O) groups excluding carboxylic acids is 2. The normalized spacial score (nSPS) is 10.7. The smallest absolute Gasteiger partial charge is 0.255 e. The fourth-order valence-electron chi connectivity index (χ4n) is 3.25. The highest BCUT2D eigenvalue weighted by molar-refractivity contribution is 6.08. The second-order valence-electron chi connectivity index (χ2n) is 6.76. The summed E-state index contributed by atoms with van der Waals surface area (Å²) in [6, 6.07) is 16.7. The van der Waals surface area contributed by atoms with Crippen LogP contribution >= 0.6 is 0 Å². The molecule has 4 rings (SSSR count). The zero-order chi connectivity index (χ0) is 20.4. The van der Waals surface area contributed by atoms with Gasteiger partial charge in [-0.2, -0.15) is 0 Å². The van der Waals surface area contributed by atoms with Crippen molar-refractivity contribution in [2.45, 2.75) is 6.92 Å². The number of hydrogen-bond donors (Lipinski definition) is 3. The summed E-state index contributed by atoms with van der Waals surface area (Å²) in [5.41, 5.74) is 5.26. The van der Waals surface area contributed by atoms with Gasteiger partial charge in [-0.25, -0.2) is 4.98 Å². The molecule has 0 unspecified atom stereocenters. The number of nitrogens with zero attached hydrogens (tertiary/aromatic N) is 1. The van der Waals surface area contributed by atoms with Gasteiger partial charge in [0, 0.05) is 41.6 Å². The first-order valence-electron chi connectivity index (χ1n) is 9.23. The Morgan fingerprint density at radius 3 is 2.34 bits per heavy atom. The molecular formula is C23H20N4O2. The lowest BCUT2D eigenvalue weighted by molar-refractivity contribution is 0.0962. The number of H-pyrrole nitrogens is 1. The highest BCUT2D eigenvalue weighted by Gasteiger charge is 2.17. The Kier molecular flexibility index (Phi) is 4.83. The van der Waals surface area contributed by atoms with Crippen LogP contribution in [0.15, 0.2) is 67.0 Å². The predicted octanol–water partition coefficient (Wildman–Crippen LogP) is 4.15. The number of hydrogen-bond acceptors (Lipinski definition) is 3. The SMILES string of the molecule is CNC(=O)c1cnc2[nH]ccc2c1-c1ccc(NC(=O)c2ccc(C)cc2)cc1. The average Bonchev–Trinajstić information content (AvgIpc) is 3.22. The van der Waals surface area contributed by atoms with Crippen molar-refractivity contribution in [3.05, 3.63) is 83.7 Å². The van der Waals surface area contributed by atoms with E-state index in [1.807, 2.05) is 49.4 Å². The molecule has 2 heterocycles.